The van der Waals surface area contributed by atoms with E-state index in [9.17, 15) is 8.42 Å². The molecule has 0 saturated carbocycles. The Morgan fingerprint density at radius 1 is 1.36 bits per heavy atom. The van der Waals surface area contributed by atoms with Crippen molar-refractivity contribution in [3.05, 3.63) is 22.7 Å². The van der Waals surface area contributed by atoms with E-state index in [0.717, 1.165) is 5.56 Å². The quantitative estimate of drug-likeness (QED) is 0.870. The molecule has 0 radical (unpaired) electrons. The lowest BCUT2D eigenvalue weighted by Crippen LogP contribution is -2.51. The second-order valence-corrected chi connectivity index (χ2v) is 8.09. The van der Waals surface area contributed by atoms with Gasteiger partial charge in [0, 0.05) is 37.7 Å². The van der Waals surface area contributed by atoms with E-state index in [0.29, 0.717) is 36.8 Å². The number of nitrogens with zero attached hydrogens (tertiary/aromatic N) is 1. The van der Waals surface area contributed by atoms with E-state index in [1.165, 1.54) is 10.4 Å². The normalized spacial score (nSPS) is 25.2. The molecule has 2 aliphatic rings. The molecule has 1 fully saturated rings. The van der Waals surface area contributed by atoms with Gasteiger partial charge in [0.1, 0.15) is 11.9 Å². The Balaban J connectivity index is 0.00000176. The highest BCUT2D eigenvalue weighted by Crippen LogP contribution is 2.38. The van der Waals surface area contributed by atoms with Crippen LogP contribution in [0.4, 0.5) is 0 Å². The van der Waals surface area contributed by atoms with Crippen molar-refractivity contribution in [3.8, 4) is 5.75 Å². The van der Waals surface area contributed by atoms with Crippen molar-refractivity contribution >= 4 is 34.0 Å². The monoisotopic (exact) mass is 366 g/mol. The van der Waals surface area contributed by atoms with Crippen molar-refractivity contribution in [1.29, 1.82) is 0 Å². The Bertz CT molecular complexity index is 666. The number of rotatable bonds is 2. The number of hydrogen-bond acceptors (Lipinski definition) is 4. The summed E-state index contributed by atoms with van der Waals surface area (Å²) in [6, 6.07) is 3.36. The second-order valence-electron chi connectivity index (χ2n) is 5.74. The van der Waals surface area contributed by atoms with Gasteiger partial charge in [0.15, 0.2) is 0 Å². The molecule has 1 saturated heterocycles. The Labute approximate surface area is 142 Å². The van der Waals surface area contributed by atoms with Gasteiger partial charge in [0.05, 0.1) is 9.92 Å². The molecule has 2 atom stereocenters. The molecular weight excluding hydrogens is 347 g/mol. The van der Waals surface area contributed by atoms with E-state index >= 15 is 0 Å². The van der Waals surface area contributed by atoms with Crippen molar-refractivity contribution in [1.82, 2.24) is 9.62 Å². The fraction of sp³-hybridized carbons (Fsp3) is 0.571. The van der Waals surface area contributed by atoms with Gasteiger partial charge in [0.2, 0.25) is 10.0 Å². The minimum absolute atomic E-state index is 0. The molecule has 0 amide bonds. The predicted octanol–water partition coefficient (Wildman–Crippen LogP) is 2.07. The molecule has 1 aromatic carbocycles. The summed E-state index contributed by atoms with van der Waals surface area (Å²) < 4.78 is 32.7. The van der Waals surface area contributed by atoms with Crippen LogP contribution in [-0.4, -0.2) is 44.5 Å². The van der Waals surface area contributed by atoms with Crippen LogP contribution < -0.4 is 10.1 Å². The third-order valence-corrected chi connectivity index (χ3v) is 6.01. The van der Waals surface area contributed by atoms with Gasteiger partial charge in [-0.15, -0.1) is 12.4 Å². The molecule has 124 valence electrons. The highest BCUT2D eigenvalue weighted by atomic mass is 35.5. The summed E-state index contributed by atoms with van der Waals surface area (Å²) in [5, 5.41) is 3.62. The lowest BCUT2D eigenvalue weighted by molar-refractivity contribution is 0.255. The molecule has 5 nitrogen and oxygen atoms in total. The minimum Gasteiger partial charge on any atom is -0.489 e. The van der Waals surface area contributed by atoms with Crippen molar-refractivity contribution in [2.45, 2.75) is 37.3 Å². The standard InChI is InChI=1S/C14H19ClN2O3S.ClH/c1-9-8-17(4-3-16-9)21(18,19)12-6-11-5-10(2)20-14(11)13(15)7-12;/h6-7,9-10,16H,3-5,8H2,1-2H3;1H. The number of fused-ring (bicyclic) bond motifs is 1. The highest BCUT2D eigenvalue weighted by Gasteiger charge is 2.31. The first kappa shape index (κ1) is 17.8. The molecule has 0 bridgehead atoms. The van der Waals surface area contributed by atoms with Crippen molar-refractivity contribution < 1.29 is 13.2 Å². The van der Waals surface area contributed by atoms with E-state index in [2.05, 4.69) is 5.32 Å². The smallest absolute Gasteiger partial charge is 0.243 e. The molecule has 1 N–H and O–H groups in total. The van der Waals surface area contributed by atoms with E-state index in [-0.39, 0.29) is 29.4 Å². The van der Waals surface area contributed by atoms with Crippen molar-refractivity contribution in [2.24, 2.45) is 0 Å². The van der Waals surface area contributed by atoms with Gasteiger partial charge in [-0.2, -0.15) is 4.31 Å². The zero-order valence-corrected chi connectivity index (χ0v) is 14.9. The van der Waals surface area contributed by atoms with Gasteiger partial charge in [-0.05, 0) is 26.0 Å². The lowest BCUT2D eigenvalue weighted by atomic mass is 10.1. The van der Waals surface area contributed by atoms with E-state index in [1.54, 1.807) is 6.07 Å². The zero-order valence-electron chi connectivity index (χ0n) is 12.5. The first-order valence-electron chi connectivity index (χ1n) is 7.10. The number of piperazine rings is 1. The Hall–Kier alpha value is -0.530. The van der Waals surface area contributed by atoms with E-state index < -0.39 is 10.0 Å². The molecule has 0 spiro atoms. The summed E-state index contributed by atoms with van der Waals surface area (Å²) >= 11 is 6.19. The van der Waals surface area contributed by atoms with Gasteiger partial charge in [-0.25, -0.2) is 8.42 Å². The number of ether oxygens (including phenoxy) is 1. The summed E-state index contributed by atoms with van der Waals surface area (Å²) in [5.41, 5.74) is 0.872. The summed E-state index contributed by atoms with van der Waals surface area (Å²) in [7, 11) is -3.50. The van der Waals surface area contributed by atoms with Crippen LogP contribution >= 0.6 is 24.0 Å². The van der Waals surface area contributed by atoms with Gasteiger partial charge in [-0.1, -0.05) is 11.6 Å². The van der Waals surface area contributed by atoms with Crippen LogP contribution in [0.5, 0.6) is 5.75 Å². The van der Waals surface area contributed by atoms with Crippen LogP contribution in [0.15, 0.2) is 17.0 Å². The maximum Gasteiger partial charge on any atom is 0.243 e. The van der Waals surface area contributed by atoms with Crippen LogP contribution in [0, 0.1) is 0 Å². The van der Waals surface area contributed by atoms with Crippen molar-refractivity contribution in [3.63, 3.8) is 0 Å². The molecule has 1 aromatic rings. The van der Waals surface area contributed by atoms with Crippen LogP contribution in [0.1, 0.15) is 19.4 Å². The molecule has 8 heteroatoms. The molecule has 2 unspecified atom stereocenters. The summed E-state index contributed by atoms with van der Waals surface area (Å²) in [6.07, 6.45) is 0.728. The Morgan fingerprint density at radius 2 is 2.09 bits per heavy atom. The molecule has 0 aromatic heterocycles. The number of hydrogen-bond donors (Lipinski definition) is 1. The highest BCUT2D eigenvalue weighted by molar-refractivity contribution is 7.89. The largest absolute Gasteiger partial charge is 0.489 e. The number of nitrogens with one attached hydrogen (secondary N) is 1. The van der Waals surface area contributed by atoms with Crippen molar-refractivity contribution in [2.75, 3.05) is 19.6 Å². The topological polar surface area (TPSA) is 58.6 Å². The zero-order chi connectivity index (χ0) is 15.2. The van der Waals surface area contributed by atoms with Crippen LogP contribution in [0.3, 0.4) is 0 Å². The second kappa shape index (κ2) is 6.53. The molecule has 2 heterocycles. The molecule has 2 aliphatic heterocycles. The third-order valence-electron chi connectivity index (χ3n) is 3.89. The third kappa shape index (κ3) is 3.21. The number of benzene rings is 1. The average Bonchev–Trinajstić information content (AvgIpc) is 2.80. The van der Waals surface area contributed by atoms with Gasteiger partial charge in [-0.3, -0.25) is 0 Å². The Kier molecular flexibility index (Phi) is 5.29. The molecule has 0 aliphatic carbocycles. The first-order chi connectivity index (χ1) is 9.88. The minimum atomic E-state index is -3.50. The van der Waals surface area contributed by atoms with Gasteiger partial charge >= 0.3 is 0 Å². The number of halogens is 2. The van der Waals surface area contributed by atoms with Gasteiger partial charge in [0.25, 0.3) is 0 Å². The fourth-order valence-corrected chi connectivity index (χ4v) is 4.83. The Morgan fingerprint density at radius 3 is 2.77 bits per heavy atom. The maximum atomic E-state index is 12.8. The van der Waals surface area contributed by atoms with Crippen LogP contribution in [0.25, 0.3) is 0 Å². The maximum absolute atomic E-state index is 12.8. The first-order valence-corrected chi connectivity index (χ1v) is 8.92. The SMILES string of the molecule is CC1CN(S(=O)(=O)c2cc(Cl)c3c(c2)CC(C)O3)CCN1.Cl. The molecular formula is C14H20Cl2N2O3S. The summed E-state index contributed by atoms with van der Waals surface area (Å²) in [5.74, 6) is 0.622. The predicted molar refractivity (Wildman–Crippen MR) is 88.7 cm³/mol. The fourth-order valence-electron chi connectivity index (χ4n) is 2.87. The van der Waals surface area contributed by atoms with Gasteiger partial charge < -0.3 is 10.1 Å². The van der Waals surface area contributed by atoms with E-state index in [4.69, 9.17) is 16.3 Å². The number of sulfonamides is 1. The van der Waals surface area contributed by atoms with E-state index in [1.807, 2.05) is 13.8 Å². The lowest BCUT2D eigenvalue weighted by Gasteiger charge is -2.31. The molecule has 22 heavy (non-hydrogen) atoms. The van der Waals surface area contributed by atoms with Crippen LogP contribution in [-0.2, 0) is 16.4 Å². The van der Waals surface area contributed by atoms with Crippen LogP contribution in [0.2, 0.25) is 5.02 Å². The summed E-state index contributed by atoms with van der Waals surface area (Å²) in [4.78, 5) is 0.262. The summed E-state index contributed by atoms with van der Waals surface area (Å²) in [6.45, 7) is 5.55. The average molecular weight is 367 g/mol. The molecule has 3 rings (SSSR count).